The maximum Gasteiger partial charge on any atom is 0.472 e. The van der Waals surface area contributed by atoms with Gasteiger partial charge in [-0.25, -0.2) is 18.7 Å². The van der Waals surface area contributed by atoms with Crippen molar-refractivity contribution in [1.82, 2.24) is 19.1 Å². The SMILES string of the molecule is Cc1cn([C@@H]2O[C@H](COP(=O)(O)OC[C@H]3O[C@@H](n4ccc(N)nc4=O)[C@H](O)[C@@H]3O)[C@@H](OP(=O)(O)O)[C@H]2O)c(=O)[nH]c1=O. The number of phosphoric acid groups is 2. The van der Waals surface area contributed by atoms with Gasteiger partial charge in [-0.1, -0.05) is 0 Å². The number of nitrogens with two attached hydrogens (primary N) is 1. The highest BCUT2D eigenvalue weighted by Crippen LogP contribution is 2.47. The molecule has 9 atom stereocenters. The number of nitrogen functional groups attached to an aromatic ring is 1. The third kappa shape index (κ3) is 7.12. The molecular formula is C19H27N5O16P2. The fourth-order valence-corrected chi connectivity index (χ4v) is 5.56. The van der Waals surface area contributed by atoms with Crippen molar-refractivity contribution in [3.63, 3.8) is 0 Å². The lowest BCUT2D eigenvalue weighted by Crippen LogP contribution is -2.39. The minimum Gasteiger partial charge on any atom is -0.387 e. The van der Waals surface area contributed by atoms with Gasteiger partial charge in [0.25, 0.3) is 5.56 Å². The first-order chi connectivity index (χ1) is 19.5. The van der Waals surface area contributed by atoms with Gasteiger partial charge >= 0.3 is 27.0 Å². The number of phosphoric ester groups is 2. The van der Waals surface area contributed by atoms with Crippen LogP contribution >= 0.6 is 15.6 Å². The van der Waals surface area contributed by atoms with E-state index >= 15 is 0 Å². The lowest BCUT2D eigenvalue weighted by atomic mass is 10.1. The van der Waals surface area contributed by atoms with E-state index in [4.69, 9.17) is 24.3 Å². The third-order valence-electron chi connectivity index (χ3n) is 6.26. The molecule has 1 unspecified atom stereocenters. The van der Waals surface area contributed by atoms with E-state index in [1.165, 1.54) is 13.0 Å². The Morgan fingerprint density at radius 2 is 1.57 bits per heavy atom. The summed E-state index contributed by atoms with van der Waals surface area (Å²) in [6, 6.07) is 1.23. The van der Waals surface area contributed by atoms with Crippen LogP contribution in [0.25, 0.3) is 0 Å². The molecule has 21 nitrogen and oxygen atoms in total. The topological polar surface area (TPSA) is 317 Å². The number of aryl methyl sites for hydroxylation is 1. The summed E-state index contributed by atoms with van der Waals surface area (Å²) in [5.41, 5.74) is 2.74. The van der Waals surface area contributed by atoms with Gasteiger partial charge in [-0.3, -0.25) is 32.5 Å². The normalized spacial score (nSPS) is 31.3. The fourth-order valence-electron chi connectivity index (χ4n) is 4.24. The number of aliphatic hydroxyl groups excluding tert-OH is 3. The number of rotatable bonds is 10. The minimum atomic E-state index is -5.29. The number of H-pyrrole nitrogens is 1. The Hall–Kier alpha value is -2.62. The van der Waals surface area contributed by atoms with Crippen LogP contribution in [0.2, 0.25) is 0 Å². The molecule has 0 saturated carbocycles. The number of hydrogen-bond donors (Lipinski definition) is 8. The molecule has 2 aromatic rings. The van der Waals surface area contributed by atoms with Crippen molar-refractivity contribution >= 4 is 21.5 Å². The van der Waals surface area contributed by atoms with Crippen LogP contribution in [0.3, 0.4) is 0 Å². The first kappa shape index (κ1) is 32.3. The molecule has 42 heavy (non-hydrogen) atoms. The molecule has 0 bridgehead atoms. The summed E-state index contributed by atoms with van der Waals surface area (Å²) in [7, 11) is -10.3. The van der Waals surface area contributed by atoms with E-state index in [1.54, 1.807) is 0 Å². The van der Waals surface area contributed by atoms with Crippen LogP contribution in [0.1, 0.15) is 18.0 Å². The molecule has 2 aromatic heterocycles. The Balaban J connectivity index is 1.43. The van der Waals surface area contributed by atoms with Gasteiger partial charge in [0, 0.05) is 18.0 Å². The molecule has 0 aromatic carbocycles. The van der Waals surface area contributed by atoms with Crippen LogP contribution in [0.5, 0.6) is 0 Å². The van der Waals surface area contributed by atoms with Gasteiger partial charge < -0.3 is 45.2 Å². The number of ether oxygens (including phenoxy) is 2. The van der Waals surface area contributed by atoms with Crippen LogP contribution in [-0.4, -0.2) is 98.9 Å². The molecule has 2 fully saturated rings. The van der Waals surface area contributed by atoms with Crippen LogP contribution in [0.15, 0.2) is 32.8 Å². The second-order valence-electron chi connectivity index (χ2n) is 9.24. The summed E-state index contributed by atoms with van der Waals surface area (Å²) in [5.74, 6) is -0.109. The third-order valence-corrected chi connectivity index (χ3v) is 7.72. The maximum atomic E-state index is 12.5. The number of aliphatic hydroxyl groups is 3. The smallest absolute Gasteiger partial charge is 0.387 e. The minimum absolute atomic E-state index is 0.0204. The Labute approximate surface area is 233 Å². The molecule has 9 N–H and O–H groups in total. The molecule has 4 rings (SSSR count). The fraction of sp³-hybridized carbons (Fsp3) is 0.579. The zero-order valence-electron chi connectivity index (χ0n) is 21.3. The average Bonchev–Trinajstić information content (AvgIpc) is 3.33. The molecule has 0 spiro atoms. The Morgan fingerprint density at radius 3 is 2.19 bits per heavy atom. The summed E-state index contributed by atoms with van der Waals surface area (Å²) in [5, 5.41) is 31.2. The second-order valence-corrected chi connectivity index (χ2v) is 11.9. The molecular weight excluding hydrogens is 616 g/mol. The molecule has 234 valence electrons. The number of aromatic amines is 1. The highest BCUT2D eigenvalue weighted by molar-refractivity contribution is 7.47. The van der Waals surface area contributed by atoms with Gasteiger partial charge in [0.05, 0.1) is 13.2 Å². The Morgan fingerprint density at radius 1 is 0.976 bits per heavy atom. The van der Waals surface area contributed by atoms with E-state index in [-0.39, 0.29) is 11.4 Å². The summed E-state index contributed by atoms with van der Waals surface area (Å²) < 4.78 is 50.6. The van der Waals surface area contributed by atoms with Crippen molar-refractivity contribution in [1.29, 1.82) is 0 Å². The molecule has 0 aliphatic carbocycles. The predicted octanol–water partition coefficient (Wildman–Crippen LogP) is -3.83. The molecule has 0 amide bonds. The Bertz CT molecular complexity index is 1570. The largest absolute Gasteiger partial charge is 0.472 e. The highest BCUT2D eigenvalue weighted by Gasteiger charge is 2.50. The molecule has 0 radical (unpaired) electrons. The van der Waals surface area contributed by atoms with E-state index in [0.717, 1.165) is 21.5 Å². The van der Waals surface area contributed by atoms with Gasteiger partial charge in [0.2, 0.25) is 0 Å². The first-order valence-electron chi connectivity index (χ1n) is 11.8. The van der Waals surface area contributed by atoms with Crippen molar-refractivity contribution in [3.05, 3.63) is 55.3 Å². The van der Waals surface area contributed by atoms with E-state index in [0.29, 0.717) is 0 Å². The monoisotopic (exact) mass is 643 g/mol. The van der Waals surface area contributed by atoms with Crippen molar-refractivity contribution in [2.24, 2.45) is 0 Å². The van der Waals surface area contributed by atoms with E-state index in [1.807, 2.05) is 4.98 Å². The number of nitrogens with one attached hydrogen (secondary N) is 1. The van der Waals surface area contributed by atoms with Gasteiger partial charge in [0.15, 0.2) is 12.5 Å². The molecule has 23 heteroatoms. The van der Waals surface area contributed by atoms with Crippen molar-refractivity contribution in [3.8, 4) is 0 Å². The molecule has 2 aliphatic heterocycles. The summed E-state index contributed by atoms with van der Waals surface area (Å²) >= 11 is 0. The van der Waals surface area contributed by atoms with Gasteiger partial charge in [0.1, 0.15) is 42.4 Å². The standard InChI is InChI=1S/C19H27N5O16P2/c1-7-4-24(19(30)22-15(7)28)17-13(27)14(40-41(31,32)33)9(39-17)6-37-42(34,35)36-5-8-11(25)12(26)16(38-8)23-3-2-10(20)21-18(23)29/h2-4,8-9,11-14,16-17,25-27H,5-6H2,1H3,(H,34,35)(H2,20,21,29)(H,22,28,30)(H2,31,32,33)/t8-,9-,11-,12-,13-,14-,16-,17-/m1/s1. The summed E-state index contributed by atoms with van der Waals surface area (Å²) in [4.78, 5) is 70.1. The van der Waals surface area contributed by atoms with Crippen molar-refractivity contribution in [2.75, 3.05) is 18.9 Å². The zero-order valence-corrected chi connectivity index (χ0v) is 23.1. The second kappa shape index (κ2) is 12.2. The lowest BCUT2D eigenvalue weighted by molar-refractivity contribution is -0.0639. The average molecular weight is 643 g/mol. The van der Waals surface area contributed by atoms with Gasteiger partial charge in [-0.2, -0.15) is 4.98 Å². The predicted molar refractivity (Wildman–Crippen MR) is 133 cm³/mol. The number of hydrogen-bond acceptors (Lipinski definition) is 15. The van der Waals surface area contributed by atoms with E-state index < -0.39 is 94.9 Å². The van der Waals surface area contributed by atoms with E-state index in [2.05, 4.69) is 9.51 Å². The maximum absolute atomic E-state index is 12.5. The number of aromatic nitrogens is 4. The Kier molecular flexibility index (Phi) is 9.36. The van der Waals surface area contributed by atoms with Crippen LogP contribution in [-0.2, 0) is 32.2 Å². The van der Waals surface area contributed by atoms with Crippen molar-refractivity contribution in [2.45, 2.75) is 56.0 Å². The van der Waals surface area contributed by atoms with Crippen LogP contribution < -0.4 is 22.7 Å². The molecule has 2 saturated heterocycles. The van der Waals surface area contributed by atoms with Crippen LogP contribution in [0, 0.1) is 6.92 Å². The van der Waals surface area contributed by atoms with Crippen LogP contribution in [0.4, 0.5) is 5.82 Å². The number of nitrogens with zero attached hydrogens (tertiary/aromatic N) is 3. The number of anilines is 1. The highest BCUT2D eigenvalue weighted by atomic mass is 31.2. The lowest BCUT2D eigenvalue weighted by Gasteiger charge is -2.22. The summed E-state index contributed by atoms with van der Waals surface area (Å²) in [6.07, 6.45) is -11.3. The van der Waals surface area contributed by atoms with Crippen molar-refractivity contribution < 1.29 is 62.2 Å². The molecule has 4 heterocycles. The zero-order chi connectivity index (χ0) is 31.1. The van der Waals surface area contributed by atoms with Gasteiger partial charge in [-0.05, 0) is 13.0 Å². The quantitative estimate of drug-likeness (QED) is 0.115. The summed E-state index contributed by atoms with van der Waals surface area (Å²) in [6.45, 7) is -0.517. The molecule has 2 aliphatic rings. The van der Waals surface area contributed by atoms with E-state index in [9.17, 15) is 53.5 Å². The van der Waals surface area contributed by atoms with Gasteiger partial charge in [-0.15, -0.1) is 0 Å². The first-order valence-corrected chi connectivity index (χ1v) is 14.9.